The van der Waals surface area contributed by atoms with Gasteiger partial charge in [0, 0.05) is 25.0 Å². The molecule has 1 N–H and O–H groups in total. The van der Waals surface area contributed by atoms with Crippen LogP contribution in [0.4, 0.5) is 5.95 Å². The molecule has 20 heavy (non-hydrogen) atoms. The Bertz CT molecular complexity index is 400. The molecule has 4 nitrogen and oxygen atoms in total. The van der Waals surface area contributed by atoms with Gasteiger partial charge in [-0.05, 0) is 51.2 Å². The van der Waals surface area contributed by atoms with Crippen molar-refractivity contribution < 1.29 is 0 Å². The van der Waals surface area contributed by atoms with Gasteiger partial charge in [0.1, 0.15) is 0 Å². The second-order valence-electron chi connectivity index (χ2n) is 6.41. The molecule has 0 atom stereocenters. The molecule has 1 aliphatic carbocycles. The summed E-state index contributed by atoms with van der Waals surface area (Å²) < 4.78 is 2.34. The molecule has 2 aliphatic rings. The SMILES string of the molecule is CCN1CCC(Cn2ccnc2NC2CCCC2)CC1. The smallest absolute Gasteiger partial charge is 0.202 e. The maximum Gasteiger partial charge on any atom is 0.202 e. The lowest BCUT2D eigenvalue weighted by Crippen LogP contribution is -2.34. The van der Waals surface area contributed by atoms with E-state index in [2.05, 4.69) is 32.9 Å². The molecular formula is C16H28N4. The van der Waals surface area contributed by atoms with Crippen LogP contribution < -0.4 is 5.32 Å². The summed E-state index contributed by atoms with van der Waals surface area (Å²) in [5.41, 5.74) is 0. The molecule has 112 valence electrons. The average molecular weight is 276 g/mol. The Kier molecular flexibility index (Phi) is 4.61. The number of nitrogens with zero attached hydrogens (tertiary/aromatic N) is 3. The van der Waals surface area contributed by atoms with E-state index in [4.69, 9.17) is 0 Å². The van der Waals surface area contributed by atoms with Crippen LogP contribution >= 0.6 is 0 Å². The standard InChI is InChI=1S/C16H28N4/c1-2-19-10-7-14(8-11-19)13-20-12-9-17-16(20)18-15-5-3-4-6-15/h9,12,14-15H,2-8,10-11,13H2,1H3,(H,17,18). The third-order valence-electron chi connectivity index (χ3n) is 5.01. The average Bonchev–Trinajstić information content (AvgIpc) is 3.13. The summed E-state index contributed by atoms with van der Waals surface area (Å²) in [4.78, 5) is 7.08. The van der Waals surface area contributed by atoms with Crippen LogP contribution in [0.3, 0.4) is 0 Å². The summed E-state index contributed by atoms with van der Waals surface area (Å²) in [5, 5.41) is 3.64. The zero-order valence-corrected chi connectivity index (χ0v) is 12.7. The van der Waals surface area contributed by atoms with Crippen molar-refractivity contribution in [3.05, 3.63) is 12.4 Å². The number of piperidine rings is 1. The normalized spacial score (nSPS) is 22.4. The second-order valence-corrected chi connectivity index (χ2v) is 6.41. The van der Waals surface area contributed by atoms with Crippen molar-refractivity contribution in [1.29, 1.82) is 0 Å². The van der Waals surface area contributed by atoms with Crippen LogP contribution in [0.25, 0.3) is 0 Å². The molecule has 1 saturated carbocycles. The van der Waals surface area contributed by atoms with E-state index in [0.717, 1.165) is 18.4 Å². The van der Waals surface area contributed by atoms with Crippen molar-refractivity contribution in [2.45, 2.75) is 58.0 Å². The van der Waals surface area contributed by atoms with E-state index in [-0.39, 0.29) is 0 Å². The Balaban J connectivity index is 1.54. The van der Waals surface area contributed by atoms with Gasteiger partial charge in [-0.15, -0.1) is 0 Å². The fraction of sp³-hybridized carbons (Fsp3) is 0.812. The maximum atomic E-state index is 4.52. The third kappa shape index (κ3) is 3.35. The number of anilines is 1. The van der Waals surface area contributed by atoms with Crippen LogP contribution in [0, 0.1) is 5.92 Å². The second kappa shape index (κ2) is 6.61. The van der Waals surface area contributed by atoms with Crippen molar-refractivity contribution >= 4 is 5.95 Å². The van der Waals surface area contributed by atoms with E-state index in [1.165, 1.54) is 58.2 Å². The van der Waals surface area contributed by atoms with Crippen LogP contribution in [-0.2, 0) is 6.54 Å². The number of likely N-dealkylation sites (tertiary alicyclic amines) is 1. The highest BCUT2D eigenvalue weighted by atomic mass is 15.2. The molecular weight excluding hydrogens is 248 g/mol. The zero-order valence-electron chi connectivity index (χ0n) is 12.7. The highest BCUT2D eigenvalue weighted by Gasteiger charge is 2.21. The van der Waals surface area contributed by atoms with Crippen LogP contribution in [0.1, 0.15) is 45.4 Å². The van der Waals surface area contributed by atoms with Crippen molar-refractivity contribution in [3.63, 3.8) is 0 Å². The summed E-state index contributed by atoms with van der Waals surface area (Å²) in [6, 6.07) is 0.651. The van der Waals surface area contributed by atoms with Crippen LogP contribution in [0.5, 0.6) is 0 Å². The van der Waals surface area contributed by atoms with Crippen LogP contribution in [0.2, 0.25) is 0 Å². The first-order chi connectivity index (χ1) is 9.85. The van der Waals surface area contributed by atoms with Crippen LogP contribution in [0.15, 0.2) is 12.4 Å². The lowest BCUT2D eigenvalue weighted by Gasteiger charge is -2.31. The zero-order chi connectivity index (χ0) is 13.8. The Morgan fingerprint density at radius 2 is 1.95 bits per heavy atom. The molecule has 1 aromatic rings. The fourth-order valence-electron chi connectivity index (χ4n) is 3.61. The largest absolute Gasteiger partial charge is 0.353 e. The molecule has 0 amide bonds. The fourth-order valence-corrected chi connectivity index (χ4v) is 3.61. The monoisotopic (exact) mass is 276 g/mol. The van der Waals surface area contributed by atoms with E-state index >= 15 is 0 Å². The molecule has 0 radical (unpaired) electrons. The Morgan fingerprint density at radius 3 is 2.65 bits per heavy atom. The molecule has 0 unspecified atom stereocenters. The lowest BCUT2D eigenvalue weighted by molar-refractivity contribution is 0.181. The van der Waals surface area contributed by atoms with Gasteiger partial charge in [0.2, 0.25) is 5.95 Å². The van der Waals surface area contributed by atoms with Gasteiger partial charge in [-0.1, -0.05) is 19.8 Å². The Labute approximate surface area is 122 Å². The first kappa shape index (κ1) is 13.9. The Hall–Kier alpha value is -1.03. The highest BCUT2D eigenvalue weighted by Crippen LogP contribution is 2.24. The van der Waals surface area contributed by atoms with E-state index < -0.39 is 0 Å². The molecule has 1 aliphatic heterocycles. The summed E-state index contributed by atoms with van der Waals surface area (Å²) in [7, 11) is 0. The summed E-state index contributed by atoms with van der Waals surface area (Å²) >= 11 is 0. The molecule has 0 bridgehead atoms. The van der Waals surface area contributed by atoms with Gasteiger partial charge in [-0.25, -0.2) is 4.98 Å². The predicted octanol–water partition coefficient (Wildman–Crippen LogP) is 2.97. The van der Waals surface area contributed by atoms with Gasteiger partial charge in [-0.3, -0.25) is 0 Å². The predicted molar refractivity (Wildman–Crippen MR) is 82.9 cm³/mol. The molecule has 0 aromatic carbocycles. The maximum absolute atomic E-state index is 4.52. The first-order valence-corrected chi connectivity index (χ1v) is 8.35. The number of rotatable bonds is 5. The molecule has 1 saturated heterocycles. The molecule has 2 fully saturated rings. The van der Waals surface area contributed by atoms with Crippen LogP contribution in [-0.4, -0.2) is 40.1 Å². The molecule has 1 aromatic heterocycles. The van der Waals surface area contributed by atoms with E-state index in [9.17, 15) is 0 Å². The minimum Gasteiger partial charge on any atom is -0.353 e. The third-order valence-corrected chi connectivity index (χ3v) is 5.01. The lowest BCUT2D eigenvalue weighted by atomic mass is 9.97. The summed E-state index contributed by atoms with van der Waals surface area (Å²) in [5.74, 6) is 1.91. The highest BCUT2D eigenvalue weighted by molar-refractivity contribution is 5.28. The van der Waals surface area contributed by atoms with Crippen molar-refractivity contribution in [2.24, 2.45) is 5.92 Å². The van der Waals surface area contributed by atoms with Gasteiger partial charge in [-0.2, -0.15) is 0 Å². The molecule has 2 heterocycles. The number of imidazole rings is 1. The first-order valence-electron chi connectivity index (χ1n) is 8.35. The summed E-state index contributed by atoms with van der Waals surface area (Å²) in [6.07, 6.45) is 12.1. The molecule has 0 spiro atoms. The van der Waals surface area contributed by atoms with Crippen molar-refractivity contribution in [2.75, 3.05) is 25.0 Å². The van der Waals surface area contributed by atoms with Gasteiger partial charge >= 0.3 is 0 Å². The molecule has 4 heteroatoms. The number of nitrogens with one attached hydrogen (secondary N) is 1. The topological polar surface area (TPSA) is 33.1 Å². The van der Waals surface area contributed by atoms with E-state index in [1.54, 1.807) is 0 Å². The van der Waals surface area contributed by atoms with Crippen molar-refractivity contribution in [3.8, 4) is 0 Å². The molecule has 3 rings (SSSR count). The minimum absolute atomic E-state index is 0.651. The minimum atomic E-state index is 0.651. The number of hydrogen-bond donors (Lipinski definition) is 1. The van der Waals surface area contributed by atoms with Gasteiger partial charge in [0.25, 0.3) is 0 Å². The van der Waals surface area contributed by atoms with Gasteiger partial charge in [0.05, 0.1) is 0 Å². The van der Waals surface area contributed by atoms with E-state index in [0.29, 0.717) is 6.04 Å². The van der Waals surface area contributed by atoms with Gasteiger partial charge in [0.15, 0.2) is 0 Å². The number of hydrogen-bond acceptors (Lipinski definition) is 3. The quantitative estimate of drug-likeness (QED) is 0.897. The van der Waals surface area contributed by atoms with Gasteiger partial charge < -0.3 is 14.8 Å². The van der Waals surface area contributed by atoms with Crippen molar-refractivity contribution in [1.82, 2.24) is 14.5 Å². The Morgan fingerprint density at radius 1 is 1.20 bits per heavy atom. The summed E-state index contributed by atoms with van der Waals surface area (Å²) in [6.45, 7) is 7.13. The van der Waals surface area contributed by atoms with E-state index in [1.807, 2.05) is 6.20 Å². The number of aromatic nitrogens is 2.